The van der Waals surface area contributed by atoms with E-state index in [9.17, 15) is 0 Å². The molecule has 0 aromatic heterocycles. The number of methoxy groups -OCH3 is 1. The number of benzene rings is 2. The highest BCUT2D eigenvalue weighted by molar-refractivity contribution is 5.37. The highest BCUT2D eigenvalue weighted by Gasteiger charge is 2.06. The molecular weight excluding hydrogens is 262 g/mol. The van der Waals surface area contributed by atoms with Crippen LogP contribution in [0.5, 0.6) is 11.5 Å². The van der Waals surface area contributed by atoms with Crippen molar-refractivity contribution in [2.24, 2.45) is 5.73 Å². The van der Waals surface area contributed by atoms with Gasteiger partial charge in [0.25, 0.3) is 0 Å². The number of ether oxygens (including phenoxy) is 2. The first-order valence-electron chi connectivity index (χ1n) is 7.22. The SMILES string of the molecule is COc1ccc(CN)cc1COc1ccc(C(C)C)cc1. The summed E-state index contributed by atoms with van der Waals surface area (Å²) in [5, 5.41) is 0. The smallest absolute Gasteiger partial charge is 0.125 e. The first-order chi connectivity index (χ1) is 10.1. The first-order valence-corrected chi connectivity index (χ1v) is 7.22. The van der Waals surface area contributed by atoms with Crippen molar-refractivity contribution in [3.05, 3.63) is 59.2 Å². The molecule has 2 N–H and O–H groups in total. The Hall–Kier alpha value is -2.00. The summed E-state index contributed by atoms with van der Waals surface area (Å²) >= 11 is 0. The molecule has 0 atom stereocenters. The van der Waals surface area contributed by atoms with Gasteiger partial charge in [0.05, 0.1) is 7.11 Å². The van der Waals surface area contributed by atoms with Crippen LogP contribution in [0.4, 0.5) is 0 Å². The molecule has 0 spiro atoms. The van der Waals surface area contributed by atoms with E-state index in [4.69, 9.17) is 15.2 Å². The summed E-state index contributed by atoms with van der Waals surface area (Å²) in [5.41, 5.74) is 9.07. The Balaban J connectivity index is 2.08. The molecule has 2 rings (SSSR count). The van der Waals surface area contributed by atoms with E-state index in [0.29, 0.717) is 19.1 Å². The molecule has 0 radical (unpaired) electrons. The van der Waals surface area contributed by atoms with Crippen LogP contribution in [0.15, 0.2) is 42.5 Å². The molecule has 0 unspecified atom stereocenters. The second kappa shape index (κ2) is 7.14. The maximum absolute atomic E-state index is 5.85. The normalized spacial score (nSPS) is 10.7. The third-order valence-electron chi connectivity index (χ3n) is 3.52. The minimum absolute atomic E-state index is 0.470. The van der Waals surface area contributed by atoms with Gasteiger partial charge in [0.1, 0.15) is 18.1 Å². The van der Waals surface area contributed by atoms with Gasteiger partial charge in [0, 0.05) is 12.1 Å². The number of rotatable bonds is 6. The Morgan fingerprint density at radius 1 is 1.05 bits per heavy atom. The van der Waals surface area contributed by atoms with Crippen molar-refractivity contribution in [3.63, 3.8) is 0 Å². The topological polar surface area (TPSA) is 44.5 Å². The van der Waals surface area contributed by atoms with Gasteiger partial charge < -0.3 is 15.2 Å². The van der Waals surface area contributed by atoms with Crippen molar-refractivity contribution in [2.75, 3.05) is 7.11 Å². The molecule has 0 amide bonds. The van der Waals surface area contributed by atoms with Crippen molar-refractivity contribution in [3.8, 4) is 11.5 Å². The Kier molecular flexibility index (Phi) is 5.23. The van der Waals surface area contributed by atoms with Gasteiger partial charge in [-0.2, -0.15) is 0 Å². The largest absolute Gasteiger partial charge is 0.496 e. The van der Waals surface area contributed by atoms with Gasteiger partial charge in [0.2, 0.25) is 0 Å². The molecule has 112 valence electrons. The molecule has 2 aromatic rings. The van der Waals surface area contributed by atoms with Crippen molar-refractivity contribution >= 4 is 0 Å². The zero-order valence-corrected chi connectivity index (χ0v) is 12.9. The third kappa shape index (κ3) is 3.99. The molecule has 3 nitrogen and oxygen atoms in total. The Bertz CT molecular complexity index is 576. The summed E-state index contributed by atoms with van der Waals surface area (Å²) in [6.07, 6.45) is 0. The van der Waals surface area contributed by atoms with Gasteiger partial charge in [-0.05, 0) is 41.3 Å². The molecule has 21 heavy (non-hydrogen) atoms. The summed E-state index contributed by atoms with van der Waals surface area (Å²) < 4.78 is 11.2. The van der Waals surface area contributed by atoms with Gasteiger partial charge in [0.15, 0.2) is 0 Å². The van der Waals surface area contributed by atoms with Crippen LogP contribution in [-0.2, 0) is 13.2 Å². The molecule has 0 saturated carbocycles. The molecule has 0 fully saturated rings. The summed E-state index contributed by atoms with van der Waals surface area (Å²) in [7, 11) is 1.67. The van der Waals surface area contributed by atoms with Crippen LogP contribution in [0.25, 0.3) is 0 Å². The molecule has 0 bridgehead atoms. The highest BCUT2D eigenvalue weighted by Crippen LogP contribution is 2.23. The predicted octanol–water partition coefficient (Wildman–Crippen LogP) is 3.86. The summed E-state index contributed by atoms with van der Waals surface area (Å²) in [6.45, 7) is 5.34. The average molecular weight is 285 g/mol. The first kappa shape index (κ1) is 15.4. The molecular formula is C18H23NO2. The Labute approximate surface area is 126 Å². The second-order valence-electron chi connectivity index (χ2n) is 5.36. The van der Waals surface area contributed by atoms with Crippen molar-refractivity contribution in [2.45, 2.75) is 32.9 Å². The lowest BCUT2D eigenvalue weighted by molar-refractivity contribution is 0.296. The molecule has 3 heteroatoms. The van der Waals surface area contributed by atoms with Gasteiger partial charge >= 0.3 is 0 Å². The Morgan fingerprint density at radius 3 is 2.33 bits per heavy atom. The predicted molar refractivity (Wildman–Crippen MR) is 85.7 cm³/mol. The van der Waals surface area contributed by atoms with Crippen molar-refractivity contribution in [1.29, 1.82) is 0 Å². The van der Waals surface area contributed by atoms with Crippen LogP contribution in [0.2, 0.25) is 0 Å². The third-order valence-corrected chi connectivity index (χ3v) is 3.52. The van der Waals surface area contributed by atoms with E-state index in [1.165, 1.54) is 5.56 Å². The second-order valence-corrected chi connectivity index (χ2v) is 5.36. The van der Waals surface area contributed by atoms with E-state index in [-0.39, 0.29) is 0 Å². The van der Waals surface area contributed by atoms with Crippen LogP contribution >= 0.6 is 0 Å². The van der Waals surface area contributed by atoms with E-state index in [1.54, 1.807) is 7.11 Å². The zero-order valence-electron chi connectivity index (χ0n) is 12.9. The zero-order chi connectivity index (χ0) is 15.2. The number of nitrogens with two attached hydrogens (primary N) is 1. The van der Waals surface area contributed by atoms with Crippen LogP contribution in [-0.4, -0.2) is 7.11 Å². The maximum atomic E-state index is 5.85. The molecule has 0 aliphatic heterocycles. The van der Waals surface area contributed by atoms with Gasteiger partial charge in [-0.25, -0.2) is 0 Å². The molecule has 0 aliphatic rings. The van der Waals surface area contributed by atoms with Gasteiger partial charge in [-0.3, -0.25) is 0 Å². The quantitative estimate of drug-likeness (QED) is 0.876. The lowest BCUT2D eigenvalue weighted by Gasteiger charge is -2.12. The molecule has 0 heterocycles. The molecule has 0 aliphatic carbocycles. The van der Waals surface area contributed by atoms with E-state index in [2.05, 4.69) is 26.0 Å². The molecule has 0 saturated heterocycles. The average Bonchev–Trinajstić information content (AvgIpc) is 2.52. The minimum atomic E-state index is 0.470. The standard InChI is InChI=1S/C18H23NO2/c1-13(2)15-5-7-17(8-6-15)21-12-16-10-14(11-19)4-9-18(16)20-3/h4-10,13H,11-12,19H2,1-3H3. The van der Waals surface area contributed by atoms with Gasteiger partial charge in [-0.1, -0.05) is 32.0 Å². The van der Waals surface area contributed by atoms with E-state index in [1.807, 2.05) is 30.3 Å². The van der Waals surface area contributed by atoms with Crippen molar-refractivity contribution in [1.82, 2.24) is 0 Å². The molecule has 2 aromatic carbocycles. The summed E-state index contributed by atoms with van der Waals surface area (Å²) in [4.78, 5) is 0. The lowest BCUT2D eigenvalue weighted by atomic mass is 10.0. The Morgan fingerprint density at radius 2 is 1.76 bits per heavy atom. The van der Waals surface area contributed by atoms with E-state index >= 15 is 0 Å². The fraction of sp³-hybridized carbons (Fsp3) is 0.333. The van der Waals surface area contributed by atoms with E-state index < -0.39 is 0 Å². The summed E-state index contributed by atoms with van der Waals surface area (Å²) in [5.74, 6) is 2.21. The van der Waals surface area contributed by atoms with Crippen LogP contribution < -0.4 is 15.2 Å². The van der Waals surface area contributed by atoms with Gasteiger partial charge in [-0.15, -0.1) is 0 Å². The maximum Gasteiger partial charge on any atom is 0.125 e. The van der Waals surface area contributed by atoms with Crippen LogP contribution in [0, 0.1) is 0 Å². The number of hydrogen-bond acceptors (Lipinski definition) is 3. The fourth-order valence-electron chi connectivity index (χ4n) is 2.18. The summed E-state index contributed by atoms with van der Waals surface area (Å²) in [6, 6.07) is 14.2. The van der Waals surface area contributed by atoms with E-state index in [0.717, 1.165) is 22.6 Å². The highest BCUT2D eigenvalue weighted by atomic mass is 16.5. The minimum Gasteiger partial charge on any atom is -0.496 e. The van der Waals surface area contributed by atoms with Crippen LogP contribution in [0.1, 0.15) is 36.5 Å². The fourth-order valence-corrected chi connectivity index (χ4v) is 2.18. The monoisotopic (exact) mass is 285 g/mol. The lowest BCUT2D eigenvalue weighted by Crippen LogP contribution is -2.02. The van der Waals surface area contributed by atoms with Crippen LogP contribution in [0.3, 0.4) is 0 Å². The number of hydrogen-bond donors (Lipinski definition) is 1. The van der Waals surface area contributed by atoms with Crippen molar-refractivity contribution < 1.29 is 9.47 Å².